The number of nitro benzene ring substituents is 1. The molecule has 0 saturated carbocycles. The molecule has 0 unspecified atom stereocenters. The SMILES string of the molecule is COC(=O)[C@H](Cc1ccc([N+](=O)[O-])cc1)N1CCN(C(=O)OC(C)(C)C)CC1. The van der Waals surface area contributed by atoms with E-state index in [4.69, 9.17) is 9.47 Å². The van der Waals surface area contributed by atoms with E-state index in [2.05, 4.69) is 0 Å². The monoisotopic (exact) mass is 393 g/mol. The van der Waals surface area contributed by atoms with Gasteiger partial charge in [0.25, 0.3) is 5.69 Å². The summed E-state index contributed by atoms with van der Waals surface area (Å²) < 4.78 is 10.3. The number of rotatable bonds is 5. The number of methoxy groups -OCH3 is 1. The number of carbonyl (C=O) groups is 2. The predicted octanol–water partition coefficient (Wildman–Crippen LogP) is 2.23. The summed E-state index contributed by atoms with van der Waals surface area (Å²) in [5.74, 6) is -0.371. The smallest absolute Gasteiger partial charge is 0.410 e. The second-order valence-electron chi connectivity index (χ2n) is 7.67. The highest BCUT2D eigenvalue weighted by Gasteiger charge is 2.32. The van der Waals surface area contributed by atoms with Gasteiger partial charge in [-0.3, -0.25) is 19.8 Å². The fourth-order valence-electron chi connectivity index (χ4n) is 3.02. The zero-order valence-corrected chi connectivity index (χ0v) is 16.7. The number of esters is 1. The fourth-order valence-corrected chi connectivity index (χ4v) is 3.02. The third-order valence-electron chi connectivity index (χ3n) is 4.46. The molecule has 0 radical (unpaired) electrons. The summed E-state index contributed by atoms with van der Waals surface area (Å²) in [5, 5.41) is 10.8. The molecule has 1 heterocycles. The average Bonchev–Trinajstić information content (AvgIpc) is 2.64. The van der Waals surface area contributed by atoms with Crippen molar-refractivity contribution in [2.45, 2.75) is 38.8 Å². The lowest BCUT2D eigenvalue weighted by Gasteiger charge is -2.38. The predicted molar refractivity (Wildman–Crippen MR) is 102 cm³/mol. The van der Waals surface area contributed by atoms with Crippen LogP contribution in [0.2, 0.25) is 0 Å². The van der Waals surface area contributed by atoms with Gasteiger partial charge in [0.1, 0.15) is 11.6 Å². The summed E-state index contributed by atoms with van der Waals surface area (Å²) in [6, 6.07) is 5.61. The van der Waals surface area contributed by atoms with Crippen LogP contribution in [-0.4, -0.2) is 71.7 Å². The lowest BCUT2D eigenvalue weighted by molar-refractivity contribution is -0.384. The van der Waals surface area contributed by atoms with Crippen LogP contribution in [0.4, 0.5) is 10.5 Å². The Kier molecular flexibility index (Phi) is 6.95. The number of nitrogens with zero attached hydrogens (tertiary/aromatic N) is 3. The van der Waals surface area contributed by atoms with Gasteiger partial charge in [0, 0.05) is 38.3 Å². The third kappa shape index (κ3) is 5.91. The maximum absolute atomic E-state index is 12.3. The molecule has 1 aliphatic rings. The molecule has 1 amide bonds. The van der Waals surface area contributed by atoms with Gasteiger partial charge in [-0.1, -0.05) is 12.1 Å². The maximum atomic E-state index is 12.3. The molecule has 9 heteroatoms. The van der Waals surface area contributed by atoms with Gasteiger partial charge in [-0.05, 0) is 32.8 Å². The van der Waals surface area contributed by atoms with Crippen LogP contribution in [-0.2, 0) is 20.7 Å². The number of piperazine rings is 1. The summed E-state index contributed by atoms with van der Waals surface area (Å²) in [6.45, 7) is 7.36. The largest absolute Gasteiger partial charge is 0.468 e. The van der Waals surface area contributed by atoms with E-state index < -0.39 is 16.6 Å². The van der Waals surface area contributed by atoms with Crippen molar-refractivity contribution in [2.24, 2.45) is 0 Å². The van der Waals surface area contributed by atoms with Crippen LogP contribution in [0.15, 0.2) is 24.3 Å². The number of non-ortho nitro benzene ring substituents is 1. The van der Waals surface area contributed by atoms with Gasteiger partial charge in [-0.2, -0.15) is 0 Å². The molecular weight excluding hydrogens is 366 g/mol. The molecule has 1 fully saturated rings. The number of amides is 1. The molecule has 0 aliphatic carbocycles. The van der Waals surface area contributed by atoms with Crippen LogP contribution >= 0.6 is 0 Å². The molecule has 1 aliphatic heterocycles. The lowest BCUT2D eigenvalue weighted by atomic mass is 10.0. The fraction of sp³-hybridized carbons (Fsp3) is 0.579. The van der Waals surface area contributed by atoms with Gasteiger partial charge in [-0.15, -0.1) is 0 Å². The minimum Gasteiger partial charge on any atom is -0.468 e. The lowest BCUT2D eigenvalue weighted by Crippen LogP contribution is -2.55. The molecule has 28 heavy (non-hydrogen) atoms. The van der Waals surface area contributed by atoms with Crippen molar-refractivity contribution < 1.29 is 24.0 Å². The van der Waals surface area contributed by atoms with Crippen molar-refractivity contribution in [1.29, 1.82) is 0 Å². The van der Waals surface area contributed by atoms with Crippen molar-refractivity contribution >= 4 is 17.7 Å². The van der Waals surface area contributed by atoms with Crippen LogP contribution in [0, 0.1) is 10.1 Å². The van der Waals surface area contributed by atoms with E-state index in [0.717, 1.165) is 5.56 Å². The number of carbonyl (C=O) groups excluding carboxylic acids is 2. The first-order chi connectivity index (χ1) is 13.1. The molecule has 2 rings (SSSR count). The molecule has 0 aromatic heterocycles. The Bertz CT molecular complexity index is 705. The Morgan fingerprint density at radius 1 is 1.14 bits per heavy atom. The third-order valence-corrected chi connectivity index (χ3v) is 4.46. The minimum atomic E-state index is -0.557. The van der Waals surface area contributed by atoms with E-state index in [-0.39, 0.29) is 17.7 Å². The number of hydrogen-bond donors (Lipinski definition) is 0. The molecule has 0 bridgehead atoms. The van der Waals surface area contributed by atoms with Gasteiger partial charge in [-0.25, -0.2) is 4.79 Å². The van der Waals surface area contributed by atoms with Crippen LogP contribution in [0.25, 0.3) is 0 Å². The van der Waals surface area contributed by atoms with E-state index in [9.17, 15) is 19.7 Å². The van der Waals surface area contributed by atoms with Gasteiger partial charge in [0.15, 0.2) is 0 Å². The van der Waals surface area contributed by atoms with Crippen molar-refractivity contribution in [2.75, 3.05) is 33.3 Å². The topological polar surface area (TPSA) is 102 Å². The second-order valence-corrected chi connectivity index (χ2v) is 7.67. The minimum absolute atomic E-state index is 0.00402. The Morgan fingerprint density at radius 2 is 1.71 bits per heavy atom. The van der Waals surface area contributed by atoms with Crippen molar-refractivity contribution in [1.82, 2.24) is 9.80 Å². The summed E-state index contributed by atoms with van der Waals surface area (Å²) >= 11 is 0. The molecule has 1 aromatic carbocycles. The summed E-state index contributed by atoms with van der Waals surface area (Å²) in [4.78, 5) is 38.4. The Balaban J connectivity index is 2.01. The Morgan fingerprint density at radius 3 is 2.18 bits per heavy atom. The van der Waals surface area contributed by atoms with E-state index in [1.807, 2.05) is 25.7 Å². The zero-order chi connectivity index (χ0) is 20.9. The number of ether oxygens (including phenoxy) is 2. The highest BCUT2D eigenvalue weighted by atomic mass is 16.6. The summed E-state index contributed by atoms with van der Waals surface area (Å²) in [6.07, 6.45) is 0.00837. The highest BCUT2D eigenvalue weighted by Crippen LogP contribution is 2.18. The first-order valence-corrected chi connectivity index (χ1v) is 9.14. The summed E-state index contributed by atoms with van der Waals surface area (Å²) in [5.41, 5.74) is 0.249. The van der Waals surface area contributed by atoms with Crippen LogP contribution in [0.5, 0.6) is 0 Å². The van der Waals surface area contributed by atoms with Crippen LogP contribution in [0.3, 0.4) is 0 Å². The Hall–Kier alpha value is -2.68. The quantitative estimate of drug-likeness (QED) is 0.429. The molecular formula is C19H27N3O6. The molecule has 154 valence electrons. The van der Waals surface area contributed by atoms with Crippen LogP contribution in [0.1, 0.15) is 26.3 Å². The molecule has 1 atom stereocenters. The molecule has 9 nitrogen and oxygen atoms in total. The van der Waals surface area contributed by atoms with E-state index in [1.165, 1.54) is 19.2 Å². The van der Waals surface area contributed by atoms with E-state index >= 15 is 0 Å². The second kappa shape index (κ2) is 9.01. The number of hydrogen-bond acceptors (Lipinski definition) is 7. The van der Waals surface area contributed by atoms with Crippen LogP contribution < -0.4 is 0 Å². The molecule has 1 aromatic rings. The van der Waals surface area contributed by atoms with Crippen molar-refractivity contribution in [3.63, 3.8) is 0 Å². The van der Waals surface area contributed by atoms with Gasteiger partial charge in [0.05, 0.1) is 12.0 Å². The van der Waals surface area contributed by atoms with Crippen molar-refractivity contribution in [3.05, 3.63) is 39.9 Å². The van der Waals surface area contributed by atoms with E-state index in [0.29, 0.717) is 32.6 Å². The maximum Gasteiger partial charge on any atom is 0.410 e. The standard InChI is InChI=1S/C19H27N3O6/c1-19(2,3)28-18(24)21-11-9-20(10-12-21)16(17(23)27-4)13-14-5-7-15(8-6-14)22(25)26/h5-8,16H,9-13H2,1-4H3/t16-/m0/s1. The van der Waals surface area contributed by atoms with E-state index in [1.54, 1.807) is 17.0 Å². The Labute approximate surface area is 164 Å². The van der Waals surface area contributed by atoms with Gasteiger partial charge >= 0.3 is 12.1 Å². The average molecular weight is 393 g/mol. The highest BCUT2D eigenvalue weighted by molar-refractivity contribution is 5.76. The summed E-state index contributed by atoms with van der Waals surface area (Å²) in [7, 11) is 1.34. The van der Waals surface area contributed by atoms with Gasteiger partial charge in [0.2, 0.25) is 0 Å². The number of benzene rings is 1. The van der Waals surface area contributed by atoms with Crippen molar-refractivity contribution in [3.8, 4) is 0 Å². The molecule has 0 N–H and O–H groups in total. The number of nitro groups is 1. The molecule has 0 spiro atoms. The zero-order valence-electron chi connectivity index (χ0n) is 16.7. The molecule has 1 saturated heterocycles. The first-order valence-electron chi connectivity index (χ1n) is 9.14. The normalized spacial score (nSPS) is 16.4. The first kappa shape index (κ1) is 21.6. The van der Waals surface area contributed by atoms with Gasteiger partial charge < -0.3 is 14.4 Å².